The summed E-state index contributed by atoms with van der Waals surface area (Å²) in [4.78, 5) is 10.7. The molecule has 1 aliphatic heterocycles. The van der Waals surface area contributed by atoms with E-state index in [1.165, 1.54) is 5.56 Å². The van der Waals surface area contributed by atoms with Gasteiger partial charge in [-0.2, -0.15) is 5.10 Å². The zero-order valence-corrected chi connectivity index (χ0v) is 20.7. The van der Waals surface area contributed by atoms with Crippen molar-refractivity contribution >= 4 is 23.4 Å². The summed E-state index contributed by atoms with van der Waals surface area (Å²) in [6.07, 6.45) is 9.18. The van der Waals surface area contributed by atoms with Gasteiger partial charge < -0.3 is 10.1 Å². The normalized spacial score (nSPS) is 20.8. The molecule has 0 aliphatic carbocycles. The second-order valence-corrected chi connectivity index (χ2v) is 10.1. The van der Waals surface area contributed by atoms with Gasteiger partial charge in [-0.3, -0.25) is 4.68 Å². The Morgan fingerprint density at radius 1 is 1.28 bits per heavy atom. The highest BCUT2D eigenvalue weighted by Crippen LogP contribution is 2.53. The van der Waals surface area contributed by atoms with Crippen molar-refractivity contribution in [2.24, 2.45) is 0 Å². The van der Waals surface area contributed by atoms with Crippen LogP contribution in [0.15, 0.2) is 41.7 Å². The molecule has 0 saturated heterocycles. The van der Waals surface area contributed by atoms with Gasteiger partial charge in [-0.1, -0.05) is 39.3 Å². The van der Waals surface area contributed by atoms with Crippen molar-refractivity contribution in [1.82, 2.24) is 19.7 Å². The number of thioether (sulfide) groups is 1. The number of hydrogen-bond donors (Lipinski definition) is 1. The first kappa shape index (κ1) is 22.6. The largest absolute Gasteiger partial charge is 0.496 e. The monoisotopic (exact) mass is 451 g/mol. The van der Waals surface area contributed by atoms with Crippen LogP contribution in [-0.2, 0) is 5.41 Å². The predicted molar refractivity (Wildman–Crippen MR) is 131 cm³/mol. The lowest BCUT2D eigenvalue weighted by Crippen LogP contribution is -2.31. The maximum atomic E-state index is 5.77. The summed E-state index contributed by atoms with van der Waals surface area (Å²) < 4.78 is 7.82. The Bertz CT molecular complexity index is 1100. The van der Waals surface area contributed by atoms with Crippen molar-refractivity contribution in [3.8, 4) is 5.75 Å². The SMILES string of the molecule is CCCC(CC)n1cc(Nc2ncc3c(n2)C(C)(c2ccc(C)cc2OC)C(C)S3)cn1. The number of benzene rings is 1. The van der Waals surface area contributed by atoms with Crippen LogP contribution in [0.4, 0.5) is 11.6 Å². The number of aromatic nitrogens is 4. The molecule has 0 bridgehead atoms. The van der Waals surface area contributed by atoms with Crippen LogP contribution in [0.1, 0.15) is 69.8 Å². The molecule has 1 aromatic carbocycles. The minimum Gasteiger partial charge on any atom is -0.496 e. The molecule has 1 N–H and O–H groups in total. The van der Waals surface area contributed by atoms with Crippen molar-refractivity contribution in [3.05, 3.63) is 53.6 Å². The van der Waals surface area contributed by atoms with E-state index in [0.29, 0.717) is 17.2 Å². The maximum Gasteiger partial charge on any atom is 0.227 e. The molecule has 0 amide bonds. The Morgan fingerprint density at radius 3 is 2.81 bits per heavy atom. The minimum absolute atomic E-state index is 0.281. The van der Waals surface area contributed by atoms with Gasteiger partial charge in [0.05, 0.1) is 36.1 Å². The number of nitrogens with zero attached hydrogens (tertiary/aromatic N) is 4. The standard InChI is InChI=1S/C25H33N5OS/c1-7-9-19(8-2)30-15-18(13-27-30)28-24-26-14-22-23(29-24)25(5,17(4)32-22)20-11-10-16(3)12-21(20)31-6/h10-15,17,19H,7-9H2,1-6H3,(H,26,28,29). The number of hydrogen-bond acceptors (Lipinski definition) is 6. The van der Waals surface area contributed by atoms with E-state index in [2.05, 4.69) is 79.1 Å². The summed E-state index contributed by atoms with van der Waals surface area (Å²) in [6, 6.07) is 6.85. The minimum atomic E-state index is -0.281. The maximum absolute atomic E-state index is 5.77. The van der Waals surface area contributed by atoms with Crippen LogP contribution in [0.5, 0.6) is 5.75 Å². The number of aryl methyl sites for hydroxylation is 1. The lowest BCUT2D eigenvalue weighted by molar-refractivity contribution is 0.395. The quantitative estimate of drug-likeness (QED) is 0.434. The van der Waals surface area contributed by atoms with E-state index < -0.39 is 0 Å². The molecule has 3 atom stereocenters. The fourth-order valence-electron chi connectivity index (χ4n) is 4.55. The number of anilines is 2. The second kappa shape index (κ2) is 9.14. The molecule has 32 heavy (non-hydrogen) atoms. The van der Waals surface area contributed by atoms with E-state index in [-0.39, 0.29) is 5.41 Å². The van der Waals surface area contributed by atoms with E-state index in [1.54, 1.807) is 7.11 Å². The molecule has 7 heteroatoms. The number of methoxy groups -OCH3 is 1. The van der Waals surface area contributed by atoms with Crippen LogP contribution in [0.3, 0.4) is 0 Å². The molecule has 0 spiro atoms. The van der Waals surface area contributed by atoms with Gasteiger partial charge in [-0.15, -0.1) is 11.8 Å². The molecule has 4 rings (SSSR count). The number of nitrogens with one attached hydrogen (secondary N) is 1. The first-order valence-electron chi connectivity index (χ1n) is 11.4. The highest BCUT2D eigenvalue weighted by Gasteiger charge is 2.46. The van der Waals surface area contributed by atoms with Crippen LogP contribution in [0.2, 0.25) is 0 Å². The Balaban J connectivity index is 1.67. The van der Waals surface area contributed by atoms with Crippen LogP contribution >= 0.6 is 11.8 Å². The van der Waals surface area contributed by atoms with E-state index in [0.717, 1.165) is 46.9 Å². The highest BCUT2D eigenvalue weighted by molar-refractivity contribution is 8.00. The smallest absolute Gasteiger partial charge is 0.227 e. The summed E-state index contributed by atoms with van der Waals surface area (Å²) in [6.45, 7) is 11.0. The van der Waals surface area contributed by atoms with Crippen molar-refractivity contribution in [1.29, 1.82) is 0 Å². The van der Waals surface area contributed by atoms with Crippen molar-refractivity contribution in [3.63, 3.8) is 0 Å². The third-order valence-electron chi connectivity index (χ3n) is 6.61. The zero-order chi connectivity index (χ0) is 22.9. The van der Waals surface area contributed by atoms with Crippen LogP contribution < -0.4 is 10.1 Å². The third-order valence-corrected chi connectivity index (χ3v) is 7.98. The lowest BCUT2D eigenvalue weighted by atomic mass is 9.76. The Morgan fingerprint density at radius 2 is 2.09 bits per heavy atom. The van der Waals surface area contributed by atoms with Gasteiger partial charge in [-0.25, -0.2) is 9.97 Å². The topological polar surface area (TPSA) is 64.9 Å². The molecular formula is C25H33N5OS. The molecule has 170 valence electrons. The molecule has 3 heterocycles. The van der Waals surface area contributed by atoms with Crippen molar-refractivity contribution < 1.29 is 4.74 Å². The van der Waals surface area contributed by atoms with E-state index in [9.17, 15) is 0 Å². The highest BCUT2D eigenvalue weighted by atomic mass is 32.2. The first-order chi connectivity index (χ1) is 15.4. The first-order valence-corrected chi connectivity index (χ1v) is 12.3. The molecule has 0 saturated carbocycles. The molecule has 3 aromatic rings. The number of rotatable bonds is 8. The Labute approximate surface area is 195 Å². The van der Waals surface area contributed by atoms with Gasteiger partial charge in [-0.05, 0) is 38.3 Å². The Kier molecular flexibility index (Phi) is 6.47. The van der Waals surface area contributed by atoms with Gasteiger partial charge in [0, 0.05) is 28.1 Å². The molecule has 1 aliphatic rings. The summed E-state index contributed by atoms with van der Waals surface area (Å²) in [5, 5.41) is 8.25. The molecule has 3 unspecified atom stereocenters. The fourth-order valence-corrected chi connectivity index (χ4v) is 5.89. The molecule has 0 radical (unpaired) electrons. The lowest BCUT2D eigenvalue weighted by Gasteiger charge is -2.31. The number of ether oxygens (including phenoxy) is 1. The van der Waals surface area contributed by atoms with Crippen LogP contribution in [0.25, 0.3) is 0 Å². The van der Waals surface area contributed by atoms with Gasteiger partial charge in [0.1, 0.15) is 5.75 Å². The molecule has 0 fully saturated rings. The summed E-state index contributed by atoms with van der Waals surface area (Å²) in [5.74, 6) is 1.50. The summed E-state index contributed by atoms with van der Waals surface area (Å²) in [5.41, 5.74) is 4.01. The summed E-state index contributed by atoms with van der Waals surface area (Å²) in [7, 11) is 1.74. The van der Waals surface area contributed by atoms with Crippen molar-refractivity contribution in [2.45, 2.75) is 75.5 Å². The summed E-state index contributed by atoms with van der Waals surface area (Å²) >= 11 is 1.82. The predicted octanol–water partition coefficient (Wildman–Crippen LogP) is 6.29. The van der Waals surface area contributed by atoms with Gasteiger partial charge in [0.2, 0.25) is 5.95 Å². The third kappa shape index (κ3) is 3.98. The number of fused-ring (bicyclic) bond motifs is 1. The molecular weight excluding hydrogens is 418 g/mol. The molecule has 6 nitrogen and oxygen atoms in total. The zero-order valence-electron chi connectivity index (χ0n) is 19.8. The van der Waals surface area contributed by atoms with Crippen LogP contribution in [-0.4, -0.2) is 32.1 Å². The van der Waals surface area contributed by atoms with Gasteiger partial charge >= 0.3 is 0 Å². The van der Waals surface area contributed by atoms with Crippen LogP contribution in [0, 0.1) is 6.92 Å². The fraction of sp³-hybridized carbons (Fsp3) is 0.480. The van der Waals surface area contributed by atoms with Gasteiger partial charge in [0.25, 0.3) is 0 Å². The average molecular weight is 452 g/mol. The average Bonchev–Trinajstić information content (AvgIpc) is 3.35. The molecule has 2 aromatic heterocycles. The van der Waals surface area contributed by atoms with E-state index in [4.69, 9.17) is 9.72 Å². The Hall–Kier alpha value is -2.54. The van der Waals surface area contributed by atoms with E-state index in [1.807, 2.05) is 24.2 Å². The van der Waals surface area contributed by atoms with E-state index >= 15 is 0 Å². The van der Waals surface area contributed by atoms with Crippen molar-refractivity contribution in [2.75, 3.05) is 12.4 Å². The van der Waals surface area contributed by atoms with Gasteiger partial charge in [0.15, 0.2) is 0 Å². The second-order valence-electron chi connectivity index (χ2n) is 8.76.